The number of nitrogens with zero attached hydrogens (tertiary/aromatic N) is 1. The molecule has 0 fully saturated rings. The Hall–Kier alpha value is -1.66. The van der Waals surface area contributed by atoms with E-state index in [1.54, 1.807) is 0 Å². The zero-order valence-electron chi connectivity index (χ0n) is 6.60. The third-order valence-electron chi connectivity index (χ3n) is 1.50. The molecular formula is C7H4F4N2O. The van der Waals surface area contributed by atoms with Crippen LogP contribution < -0.4 is 5.73 Å². The lowest BCUT2D eigenvalue weighted by Gasteiger charge is -2.06. The average molecular weight is 208 g/mol. The molecule has 1 aromatic rings. The van der Waals surface area contributed by atoms with E-state index in [9.17, 15) is 22.4 Å². The first-order chi connectivity index (χ1) is 6.45. The predicted molar refractivity (Wildman–Crippen MR) is 37.6 cm³/mol. The van der Waals surface area contributed by atoms with Crippen molar-refractivity contribution < 1.29 is 22.4 Å². The van der Waals surface area contributed by atoms with Crippen molar-refractivity contribution in [2.45, 2.75) is 6.43 Å². The number of aromatic nitrogens is 1. The molecule has 7 heteroatoms. The van der Waals surface area contributed by atoms with Crippen LogP contribution in [0, 0.1) is 11.8 Å². The molecule has 0 aliphatic carbocycles. The maximum Gasteiger partial charge on any atom is 0.267 e. The largest absolute Gasteiger partial charge is 0.366 e. The van der Waals surface area contributed by atoms with E-state index < -0.39 is 35.2 Å². The van der Waals surface area contributed by atoms with Crippen molar-refractivity contribution in [2.75, 3.05) is 0 Å². The SMILES string of the molecule is NC(=O)c1cnc(F)c(F)c1C(F)F. The lowest BCUT2D eigenvalue weighted by Crippen LogP contribution is -2.16. The summed E-state index contributed by atoms with van der Waals surface area (Å²) in [6.07, 6.45) is -2.85. The summed E-state index contributed by atoms with van der Waals surface area (Å²) in [6.45, 7) is 0. The molecule has 76 valence electrons. The van der Waals surface area contributed by atoms with Gasteiger partial charge in [-0.1, -0.05) is 0 Å². The van der Waals surface area contributed by atoms with Crippen molar-refractivity contribution in [3.05, 3.63) is 29.1 Å². The van der Waals surface area contributed by atoms with Crippen LogP contribution >= 0.6 is 0 Å². The second-order valence-electron chi connectivity index (χ2n) is 2.36. The van der Waals surface area contributed by atoms with Crippen molar-refractivity contribution in [1.29, 1.82) is 0 Å². The minimum absolute atomic E-state index is 0.474. The van der Waals surface area contributed by atoms with Gasteiger partial charge >= 0.3 is 0 Å². The van der Waals surface area contributed by atoms with Crippen LogP contribution in [0.2, 0.25) is 0 Å². The van der Waals surface area contributed by atoms with Gasteiger partial charge < -0.3 is 5.73 Å². The second-order valence-corrected chi connectivity index (χ2v) is 2.36. The molecule has 14 heavy (non-hydrogen) atoms. The van der Waals surface area contributed by atoms with E-state index in [-0.39, 0.29) is 0 Å². The Kier molecular flexibility index (Phi) is 2.68. The molecule has 1 rings (SSSR count). The highest BCUT2D eigenvalue weighted by Crippen LogP contribution is 2.26. The Morgan fingerprint density at radius 3 is 2.43 bits per heavy atom. The number of halogens is 4. The Balaban J connectivity index is 3.45. The van der Waals surface area contributed by atoms with E-state index in [4.69, 9.17) is 0 Å². The van der Waals surface area contributed by atoms with Gasteiger partial charge in [0.15, 0.2) is 5.82 Å². The van der Waals surface area contributed by atoms with Gasteiger partial charge in [0.05, 0.1) is 11.1 Å². The summed E-state index contributed by atoms with van der Waals surface area (Å²) in [4.78, 5) is 13.3. The molecule has 0 saturated carbocycles. The van der Waals surface area contributed by atoms with Crippen LogP contribution in [0.3, 0.4) is 0 Å². The summed E-state index contributed by atoms with van der Waals surface area (Å²) in [5.74, 6) is -4.83. The van der Waals surface area contributed by atoms with Crippen LogP contribution in [0.4, 0.5) is 17.6 Å². The van der Waals surface area contributed by atoms with E-state index in [1.165, 1.54) is 0 Å². The molecule has 0 unspecified atom stereocenters. The van der Waals surface area contributed by atoms with Crippen molar-refractivity contribution in [3.63, 3.8) is 0 Å². The van der Waals surface area contributed by atoms with Crippen LogP contribution in [-0.4, -0.2) is 10.9 Å². The Labute approximate surface area is 75.5 Å². The number of carbonyl (C=O) groups excluding carboxylic acids is 1. The van der Waals surface area contributed by atoms with Crippen molar-refractivity contribution in [2.24, 2.45) is 5.73 Å². The van der Waals surface area contributed by atoms with Gasteiger partial charge in [0.25, 0.3) is 12.3 Å². The minimum atomic E-state index is -3.32. The summed E-state index contributed by atoms with van der Waals surface area (Å²) in [5, 5.41) is 0. The predicted octanol–water partition coefficient (Wildman–Crippen LogP) is 1.40. The number of alkyl halides is 2. The third-order valence-corrected chi connectivity index (χ3v) is 1.50. The lowest BCUT2D eigenvalue weighted by molar-refractivity contribution is 0.0981. The molecule has 0 aromatic carbocycles. The van der Waals surface area contributed by atoms with Gasteiger partial charge in [0, 0.05) is 6.20 Å². The monoisotopic (exact) mass is 208 g/mol. The number of nitrogens with two attached hydrogens (primary N) is 1. The van der Waals surface area contributed by atoms with Gasteiger partial charge in [-0.05, 0) is 0 Å². The average Bonchev–Trinajstić information content (AvgIpc) is 2.08. The highest BCUT2D eigenvalue weighted by atomic mass is 19.3. The van der Waals surface area contributed by atoms with E-state index in [0.717, 1.165) is 0 Å². The van der Waals surface area contributed by atoms with Gasteiger partial charge in [0.2, 0.25) is 5.95 Å². The summed E-state index contributed by atoms with van der Waals surface area (Å²) in [5.41, 5.74) is 2.49. The molecule has 1 amide bonds. The third kappa shape index (κ3) is 1.66. The fourth-order valence-electron chi connectivity index (χ4n) is 0.886. The molecule has 3 nitrogen and oxygen atoms in total. The molecule has 0 spiro atoms. The molecule has 1 heterocycles. The van der Waals surface area contributed by atoms with Gasteiger partial charge in [-0.15, -0.1) is 0 Å². The van der Waals surface area contributed by atoms with E-state index >= 15 is 0 Å². The maximum atomic E-state index is 12.7. The normalized spacial score (nSPS) is 10.6. The summed E-state index contributed by atoms with van der Waals surface area (Å²) < 4.78 is 49.5. The molecule has 0 bridgehead atoms. The molecule has 0 saturated heterocycles. The zero-order chi connectivity index (χ0) is 10.9. The summed E-state index contributed by atoms with van der Waals surface area (Å²) in [6, 6.07) is 0. The number of rotatable bonds is 2. The van der Waals surface area contributed by atoms with Crippen LogP contribution in [0.15, 0.2) is 6.20 Å². The topological polar surface area (TPSA) is 56.0 Å². The molecule has 0 aliphatic rings. The van der Waals surface area contributed by atoms with Crippen LogP contribution in [0.5, 0.6) is 0 Å². The zero-order valence-corrected chi connectivity index (χ0v) is 6.60. The summed E-state index contributed by atoms with van der Waals surface area (Å²) >= 11 is 0. The van der Waals surface area contributed by atoms with Crippen LogP contribution in [0.25, 0.3) is 0 Å². The van der Waals surface area contributed by atoms with Crippen molar-refractivity contribution in [1.82, 2.24) is 4.98 Å². The number of pyridine rings is 1. The number of amides is 1. The van der Waals surface area contributed by atoms with E-state index in [1.807, 2.05) is 0 Å². The molecule has 1 aromatic heterocycles. The number of primary amides is 1. The molecule has 0 atom stereocenters. The first kappa shape index (κ1) is 10.4. The highest BCUT2D eigenvalue weighted by Gasteiger charge is 2.24. The molecule has 0 aliphatic heterocycles. The molecule has 0 radical (unpaired) electrons. The number of hydrogen-bond donors (Lipinski definition) is 1. The standard InChI is InChI=1S/C7H4F4N2O/c8-4-3(5(9)10)2(7(12)14)1-13-6(4)11/h1,5H,(H2,12,14). The molecule has 2 N–H and O–H groups in total. The second kappa shape index (κ2) is 3.60. The quantitative estimate of drug-likeness (QED) is 0.589. The Bertz CT molecular complexity index is 380. The van der Waals surface area contributed by atoms with E-state index in [0.29, 0.717) is 6.20 Å². The fraction of sp³-hybridized carbons (Fsp3) is 0.143. The van der Waals surface area contributed by atoms with Gasteiger partial charge in [-0.25, -0.2) is 18.2 Å². The number of hydrogen-bond acceptors (Lipinski definition) is 2. The first-order valence-corrected chi connectivity index (χ1v) is 3.37. The summed E-state index contributed by atoms with van der Waals surface area (Å²) in [7, 11) is 0. The van der Waals surface area contributed by atoms with Gasteiger partial charge in [0.1, 0.15) is 0 Å². The minimum Gasteiger partial charge on any atom is -0.366 e. The Morgan fingerprint density at radius 2 is 2.00 bits per heavy atom. The Morgan fingerprint density at radius 1 is 1.43 bits per heavy atom. The van der Waals surface area contributed by atoms with E-state index in [2.05, 4.69) is 10.7 Å². The fourth-order valence-corrected chi connectivity index (χ4v) is 0.886. The molecular weight excluding hydrogens is 204 g/mol. The van der Waals surface area contributed by atoms with Crippen LogP contribution in [-0.2, 0) is 0 Å². The maximum absolute atomic E-state index is 12.7. The van der Waals surface area contributed by atoms with Gasteiger partial charge in [-0.3, -0.25) is 4.79 Å². The first-order valence-electron chi connectivity index (χ1n) is 3.37. The smallest absolute Gasteiger partial charge is 0.267 e. The highest BCUT2D eigenvalue weighted by molar-refractivity contribution is 5.94. The van der Waals surface area contributed by atoms with Gasteiger partial charge in [-0.2, -0.15) is 4.39 Å². The van der Waals surface area contributed by atoms with Crippen molar-refractivity contribution in [3.8, 4) is 0 Å². The van der Waals surface area contributed by atoms with Crippen molar-refractivity contribution >= 4 is 5.91 Å². The number of carbonyl (C=O) groups is 1. The van der Waals surface area contributed by atoms with Crippen LogP contribution in [0.1, 0.15) is 22.3 Å². The lowest BCUT2D eigenvalue weighted by atomic mass is 10.1.